The van der Waals surface area contributed by atoms with Crippen LogP contribution in [0, 0.1) is 0 Å². The Hall–Kier alpha value is -9.44. The van der Waals surface area contributed by atoms with E-state index in [1.54, 1.807) is 0 Å². The zero-order valence-electron chi connectivity index (χ0n) is 38.7. The van der Waals surface area contributed by atoms with Gasteiger partial charge in [0.25, 0.3) is 0 Å². The highest BCUT2D eigenvalue weighted by molar-refractivity contribution is 6.16. The molecular formula is C68H44N2O. The Labute approximate surface area is 411 Å². The largest absolute Gasteiger partial charge is 0.456 e. The summed E-state index contributed by atoms with van der Waals surface area (Å²) in [6.45, 7) is 0. The summed E-state index contributed by atoms with van der Waals surface area (Å²) >= 11 is 0. The second kappa shape index (κ2) is 16.7. The van der Waals surface area contributed by atoms with Crippen LogP contribution in [0.4, 0.5) is 17.1 Å². The molecule has 0 aliphatic carbocycles. The molecule has 0 aliphatic rings. The Morgan fingerprint density at radius 3 is 1.52 bits per heavy atom. The summed E-state index contributed by atoms with van der Waals surface area (Å²) in [5.41, 5.74) is 17.9. The van der Waals surface area contributed by atoms with Gasteiger partial charge in [-0.25, -0.2) is 0 Å². The van der Waals surface area contributed by atoms with Crippen LogP contribution in [0.1, 0.15) is 0 Å². The average Bonchev–Trinajstić information content (AvgIpc) is 4.00. The van der Waals surface area contributed by atoms with Gasteiger partial charge < -0.3 is 13.9 Å². The van der Waals surface area contributed by atoms with Crippen LogP contribution >= 0.6 is 0 Å². The van der Waals surface area contributed by atoms with Crippen molar-refractivity contribution in [2.75, 3.05) is 4.90 Å². The van der Waals surface area contributed by atoms with Crippen molar-refractivity contribution in [1.82, 2.24) is 4.57 Å². The lowest BCUT2D eigenvalue weighted by atomic mass is 9.92. The van der Waals surface area contributed by atoms with Crippen molar-refractivity contribution in [2.24, 2.45) is 0 Å². The predicted octanol–water partition coefficient (Wildman–Crippen LogP) is 19.1. The molecule has 2 heterocycles. The van der Waals surface area contributed by atoms with E-state index in [1.165, 1.54) is 65.6 Å². The molecular weight excluding hydrogens is 861 g/mol. The summed E-state index contributed by atoms with van der Waals surface area (Å²) in [5, 5.41) is 9.75. The summed E-state index contributed by atoms with van der Waals surface area (Å²) in [7, 11) is 0. The van der Waals surface area contributed by atoms with Crippen LogP contribution in [0.3, 0.4) is 0 Å². The molecule has 0 fully saturated rings. The number of para-hydroxylation sites is 4. The lowest BCUT2D eigenvalue weighted by Crippen LogP contribution is -2.11. The predicted molar refractivity (Wildman–Crippen MR) is 299 cm³/mol. The third-order valence-corrected chi connectivity index (χ3v) is 14.4. The van der Waals surface area contributed by atoms with Crippen molar-refractivity contribution in [3.05, 3.63) is 267 Å². The van der Waals surface area contributed by atoms with Crippen LogP contribution in [0.15, 0.2) is 271 Å². The SMILES string of the molecule is c1cc(-c2ccc(-c3ccc(N(c4ccc(-c5cccc6oc7ccccc7c56)cc4)c4ccccc4-c4cc5ccccc5c5ccccc45)cc3)cc2)cc(-n2c3ccccc3c3ccccc32)c1. The van der Waals surface area contributed by atoms with E-state index in [9.17, 15) is 0 Å². The number of furan rings is 1. The molecule has 0 saturated carbocycles. The number of nitrogens with zero attached hydrogens (tertiary/aromatic N) is 2. The van der Waals surface area contributed by atoms with Crippen LogP contribution in [-0.2, 0) is 0 Å². The van der Waals surface area contributed by atoms with Gasteiger partial charge in [0, 0.05) is 44.2 Å². The van der Waals surface area contributed by atoms with Crippen LogP contribution in [0.2, 0.25) is 0 Å². The maximum absolute atomic E-state index is 6.30. The number of aromatic nitrogens is 1. The number of hydrogen-bond donors (Lipinski definition) is 0. The van der Waals surface area contributed by atoms with Crippen molar-refractivity contribution >= 4 is 82.4 Å². The summed E-state index contributed by atoms with van der Waals surface area (Å²) in [4.78, 5) is 2.41. The first-order chi connectivity index (χ1) is 35.2. The highest BCUT2D eigenvalue weighted by Gasteiger charge is 2.21. The van der Waals surface area contributed by atoms with Crippen molar-refractivity contribution in [3.63, 3.8) is 0 Å². The minimum atomic E-state index is 0.894. The monoisotopic (exact) mass is 904 g/mol. The lowest BCUT2D eigenvalue weighted by molar-refractivity contribution is 0.669. The third kappa shape index (κ3) is 6.82. The van der Waals surface area contributed by atoms with Gasteiger partial charge in [0.1, 0.15) is 11.2 Å². The van der Waals surface area contributed by atoms with Gasteiger partial charge in [-0.1, -0.05) is 194 Å². The molecule has 0 N–H and O–H groups in total. The van der Waals surface area contributed by atoms with E-state index in [4.69, 9.17) is 4.42 Å². The minimum absolute atomic E-state index is 0.894. The van der Waals surface area contributed by atoms with Crippen molar-refractivity contribution < 1.29 is 4.42 Å². The van der Waals surface area contributed by atoms with Crippen LogP contribution in [-0.4, -0.2) is 4.57 Å². The minimum Gasteiger partial charge on any atom is -0.456 e. The Kier molecular flexibility index (Phi) is 9.53. The lowest BCUT2D eigenvalue weighted by Gasteiger charge is -2.28. The molecule has 2 aromatic heterocycles. The molecule has 0 saturated heterocycles. The summed E-state index contributed by atoms with van der Waals surface area (Å²) in [6.07, 6.45) is 0. The van der Waals surface area contributed by atoms with Crippen molar-refractivity contribution in [3.8, 4) is 50.2 Å². The molecule has 0 aliphatic heterocycles. The first-order valence-electron chi connectivity index (χ1n) is 24.3. The summed E-state index contributed by atoms with van der Waals surface area (Å²) in [6, 6.07) is 96.7. The van der Waals surface area contributed by atoms with Gasteiger partial charge in [-0.2, -0.15) is 0 Å². The van der Waals surface area contributed by atoms with Gasteiger partial charge in [-0.15, -0.1) is 0 Å². The zero-order chi connectivity index (χ0) is 46.8. The normalized spacial score (nSPS) is 11.7. The first kappa shape index (κ1) is 40.6. The molecule has 12 aromatic carbocycles. The zero-order valence-corrected chi connectivity index (χ0v) is 38.7. The molecule has 71 heavy (non-hydrogen) atoms. The molecule has 14 rings (SSSR count). The average molecular weight is 905 g/mol. The standard InChI is InChI=1S/C68H44N2O/c1-2-18-54-50(15-1)44-62(57-20-4-3-19-56(54)57)60-23-7-9-26-63(60)69(52-41-37-48(38-42-52)55-25-14-30-67-68(55)61-24-8-12-29-66(61)71-67)51-39-35-46(36-40-51)45-31-33-47(34-32-45)49-16-13-17-53(43-49)70-64-27-10-5-21-58(64)59-22-6-11-28-65(59)70/h1-44H. The van der Waals surface area contributed by atoms with E-state index in [-0.39, 0.29) is 0 Å². The van der Waals surface area contributed by atoms with E-state index in [1.807, 2.05) is 12.1 Å². The van der Waals surface area contributed by atoms with E-state index >= 15 is 0 Å². The fourth-order valence-corrected chi connectivity index (χ4v) is 11.1. The van der Waals surface area contributed by atoms with E-state index in [2.05, 4.69) is 264 Å². The Morgan fingerprint density at radius 2 is 0.803 bits per heavy atom. The van der Waals surface area contributed by atoms with E-state index < -0.39 is 0 Å². The number of fused-ring (bicyclic) bond motifs is 9. The topological polar surface area (TPSA) is 21.3 Å². The van der Waals surface area contributed by atoms with Gasteiger partial charge in [-0.05, 0) is 133 Å². The Balaban J connectivity index is 0.851. The number of benzene rings is 12. The maximum atomic E-state index is 6.30. The van der Waals surface area contributed by atoms with Gasteiger partial charge in [-0.3, -0.25) is 0 Å². The van der Waals surface area contributed by atoms with Gasteiger partial charge >= 0.3 is 0 Å². The summed E-state index contributed by atoms with van der Waals surface area (Å²) in [5.74, 6) is 0. The van der Waals surface area contributed by atoms with Crippen molar-refractivity contribution in [2.45, 2.75) is 0 Å². The molecule has 0 amide bonds. The number of hydrogen-bond acceptors (Lipinski definition) is 2. The number of rotatable bonds is 8. The molecule has 332 valence electrons. The summed E-state index contributed by atoms with van der Waals surface area (Å²) < 4.78 is 8.69. The Morgan fingerprint density at radius 1 is 0.296 bits per heavy atom. The second-order valence-corrected chi connectivity index (χ2v) is 18.4. The van der Waals surface area contributed by atoms with Crippen LogP contribution in [0.25, 0.3) is 115 Å². The van der Waals surface area contributed by atoms with E-state index in [0.717, 1.165) is 66.9 Å². The maximum Gasteiger partial charge on any atom is 0.136 e. The van der Waals surface area contributed by atoms with Crippen LogP contribution < -0.4 is 4.90 Å². The Bertz CT molecular complexity index is 4280. The highest BCUT2D eigenvalue weighted by Crippen LogP contribution is 2.46. The number of anilines is 3. The third-order valence-electron chi connectivity index (χ3n) is 14.4. The van der Waals surface area contributed by atoms with E-state index in [0.29, 0.717) is 0 Å². The van der Waals surface area contributed by atoms with Gasteiger partial charge in [0.15, 0.2) is 0 Å². The molecule has 0 atom stereocenters. The van der Waals surface area contributed by atoms with Crippen molar-refractivity contribution in [1.29, 1.82) is 0 Å². The first-order valence-corrected chi connectivity index (χ1v) is 24.3. The fraction of sp³-hybridized carbons (Fsp3) is 0. The molecule has 0 spiro atoms. The molecule has 0 bridgehead atoms. The fourth-order valence-electron chi connectivity index (χ4n) is 11.1. The molecule has 0 unspecified atom stereocenters. The quantitative estimate of drug-likeness (QED) is 0.142. The molecule has 3 heteroatoms. The van der Waals surface area contributed by atoms with Gasteiger partial charge in [0.2, 0.25) is 0 Å². The molecule has 0 radical (unpaired) electrons. The molecule has 14 aromatic rings. The highest BCUT2D eigenvalue weighted by atomic mass is 16.3. The second-order valence-electron chi connectivity index (χ2n) is 18.4. The van der Waals surface area contributed by atoms with Crippen LogP contribution in [0.5, 0.6) is 0 Å². The van der Waals surface area contributed by atoms with Gasteiger partial charge in [0.05, 0.1) is 16.7 Å². The smallest absolute Gasteiger partial charge is 0.136 e. The molecule has 3 nitrogen and oxygen atoms in total.